The standard InChI is InChI=1S/C28H32N2O4S/c1-19(2)20-7-9-22(10-8-20)34-18-25-24-12-15-35-26(24)11-13-30(25)27(31)17-29(28(32)21-5-6-21)16-23-4-3-14-33-23/h3-4,7-10,12,14-15,19,21,25H,5-6,11,13,16-18H2,1-2H3/t25-/m1/s1. The zero-order valence-corrected chi connectivity index (χ0v) is 21.1. The van der Waals surface area contributed by atoms with E-state index in [1.165, 1.54) is 10.4 Å². The van der Waals surface area contributed by atoms with Gasteiger partial charge in [-0.05, 0) is 72.0 Å². The van der Waals surface area contributed by atoms with Crippen LogP contribution in [0.4, 0.5) is 0 Å². The minimum absolute atomic E-state index is 0.0375. The average molecular weight is 493 g/mol. The molecule has 0 unspecified atom stereocenters. The zero-order valence-electron chi connectivity index (χ0n) is 20.3. The number of fused-ring (bicyclic) bond motifs is 1. The molecule has 1 atom stereocenters. The van der Waals surface area contributed by atoms with Gasteiger partial charge in [-0.25, -0.2) is 0 Å². The number of nitrogens with zero attached hydrogens (tertiary/aromatic N) is 2. The summed E-state index contributed by atoms with van der Waals surface area (Å²) in [7, 11) is 0. The molecule has 1 saturated carbocycles. The fraction of sp³-hybridized carbons (Fsp3) is 0.429. The molecule has 6 nitrogen and oxygen atoms in total. The highest BCUT2D eigenvalue weighted by molar-refractivity contribution is 7.10. The Morgan fingerprint density at radius 2 is 1.97 bits per heavy atom. The Hall–Kier alpha value is -3.06. The lowest BCUT2D eigenvalue weighted by Gasteiger charge is -2.37. The Kier molecular flexibility index (Phi) is 6.95. The number of amides is 2. The van der Waals surface area contributed by atoms with Crippen LogP contribution in [-0.4, -0.2) is 41.3 Å². The monoisotopic (exact) mass is 492 g/mol. The molecule has 0 N–H and O–H groups in total. The van der Waals surface area contributed by atoms with Crippen LogP contribution in [0.5, 0.6) is 5.75 Å². The van der Waals surface area contributed by atoms with E-state index in [2.05, 4.69) is 37.4 Å². The largest absolute Gasteiger partial charge is 0.491 e. The first-order valence-electron chi connectivity index (χ1n) is 12.4. The molecule has 0 bridgehead atoms. The van der Waals surface area contributed by atoms with E-state index < -0.39 is 0 Å². The van der Waals surface area contributed by atoms with Gasteiger partial charge in [0, 0.05) is 17.3 Å². The molecule has 35 heavy (non-hydrogen) atoms. The van der Waals surface area contributed by atoms with Crippen LogP contribution in [0.15, 0.2) is 58.5 Å². The molecule has 0 radical (unpaired) electrons. The molecule has 1 aromatic carbocycles. The molecular formula is C28H32N2O4S. The number of carbonyl (C=O) groups is 2. The summed E-state index contributed by atoms with van der Waals surface area (Å²) in [5, 5.41) is 2.09. The van der Waals surface area contributed by atoms with E-state index in [9.17, 15) is 9.59 Å². The fourth-order valence-corrected chi connectivity index (χ4v) is 5.57. The lowest BCUT2D eigenvalue weighted by atomic mass is 10.00. The first-order valence-corrected chi connectivity index (χ1v) is 13.3. The topological polar surface area (TPSA) is 63.0 Å². The molecule has 2 aromatic heterocycles. The molecule has 2 aliphatic rings. The van der Waals surface area contributed by atoms with Crippen molar-refractivity contribution >= 4 is 23.2 Å². The molecular weight excluding hydrogens is 460 g/mol. The maximum Gasteiger partial charge on any atom is 0.242 e. The Morgan fingerprint density at radius 3 is 2.66 bits per heavy atom. The number of hydrogen-bond donors (Lipinski definition) is 0. The van der Waals surface area contributed by atoms with Gasteiger partial charge in [-0.1, -0.05) is 26.0 Å². The number of benzene rings is 1. The van der Waals surface area contributed by atoms with Crippen LogP contribution in [0.25, 0.3) is 0 Å². The maximum absolute atomic E-state index is 13.6. The van der Waals surface area contributed by atoms with Crippen LogP contribution < -0.4 is 4.74 Å². The van der Waals surface area contributed by atoms with E-state index in [-0.39, 0.29) is 30.3 Å². The van der Waals surface area contributed by atoms with Gasteiger partial charge in [0.1, 0.15) is 24.7 Å². The summed E-state index contributed by atoms with van der Waals surface area (Å²) in [6.45, 7) is 5.71. The van der Waals surface area contributed by atoms with Crippen LogP contribution >= 0.6 is 11.3 Å². The highest BCUT2D eigenvalue weighted by Gasteiger charge is 2.37. The molecule has 1 fully saturated rings. The third kappa shape index (κ3) is 5.45. The molecule has 3 aromatic rings. The van der Waals surface area contributed by atoms with Gasteiger partial charge >= 0.3 is 0 Å². The predicted octanol–water partition coefficient (Wildman–Crippen LogP) is 5.41. The van der Waals surface area contributed by atoms with Gasteiger partial charge < -0.3 is 19.0 Å². The van der Waals surface area contributed by atoms with E-state index in [1.807, 2.05) is 23.1 Å². The van der Waals surface area contributed by atoms with Crippen molar-refractivity contribution < 1.29 is 18.7 Å². The Bertz CT molecular complexity index is 1150. The number of furan rings is 1. The molecule has 184 valence electrons. The highest BCUT2D eigenvalue weighted by atomic mass is 32.1. The summed E-state index contributed by atoms with van der Waals surface area (Å²) in [5.74, 6) is 1.98. The maximum atomic E-state index is 13.6. The summed E-state index contributed by atoms with van der Waals surface area (Å²) in [4.78, 5) is 31.4. The third-order valence-electron chi connectivity index (χ3n) is 6.86. The van der Waals surface area contributed by atoms with Gasteiger partial charge in [0.15, 0.2) is 0 Å². The lowest BCUT2D eigenvalue weighted by Crippen LogP contribution is -2.47. The van der Waals surface area contributed by atoms with Crippen LogP contribution in [0.2, 0.25) is 0 Å². The summed E-state index contributed by atoms with van der Waals surface area (Å²) in [5.41, 5.74) is 2.42. The van der Waals surface area contributed by atoms with Gasteiger partial charge in [-0.3, -0.25) is 9.59 Å². The van der Waals surface area contributed by atoms with E-state index >= 15 is 0 Å². The fourth-order valence-electron chi connectivity index (χ4n) is 4.64. The molecule has 5 rings (SSSR count). The van der Waals surface area contributed by atoms with E-state index in [4.69, 9.17) is 9.15 Å². The van der Waals surface area contributed by atoms with Crippen molar-refractivity contribution in [1.82, 2.24) is 9.80 Å². The quantitative estimate of drug-likeness (QED) is 0.401. The van der Waals surface area contributed by atoms with Gasteiger partial charge in [-0.15, -0.1) is 11.3 Å². The zero-order chi connectivity index (χ0) is 24.4. The third-order valence-corrected chi connectivity index (χ3v) is 7.86. The number of hydrogen-bond acceptors (Lipinski definition) is 5. The molecule has 1 aliphatic heterocycles. The molecule has 7 heteroatoms. The van der Waals surface area contributed by atoms with Crippen LogP contribution in [-0.2, 0) is 22.6 Å². The highest BCUT2D eigenvalue weighted by Crippen LogP contribution is 2.35. The normalized spacial score (nSPS) is 17.3. The number of thiophene rings is 1. The van der Waals surface area contributed by atoms with E-state index in [1.54, 1.807) is 28.6 Å². The number of carbonyl (C=O) groups excluding carboxylic acids is 2. The second-order valence-electron chi connectivity index (χ2n) is 9.73. The van der Waals surface area contributed by atoms with Crippen LogP contribution in [0.3, 0.4) is 0 Å². The predicted molar refractivity (Wildman–Crippen MR) is 135 cm³/mol. The summed E-state index contributed by atoms with van der Waals surface area (Å²) >= 11 is 1.73. The molecule has 0 spiro atoms. The minimum Gasteiger partial charge on any atom is -0.491 e. The average Bonchev–Trinajstić information content (AvgIpc) is 3.36. The lowest BCUT2D eigenvalue weighted by molar-refractivity contribution is -0.144. The van der Waals surface area contributed by atoms with E-state index in [0.717, 1.165) is 30.6 Å². The molecule has 3 heterocycles. The first-order chi connectivity index (χ1) is 17.0. The van der Waals surface area contributed by atoms with Crippen molar-refractivity contribution in [3.05, 3.63) is 75.9 Å². The molecule has 2 amide bonds. The smallest absolute Gasteiger partial charge is 0.242 e. The summed E-state index contributed by atoms with van der Waals surface area (Å²) in [6, 6.07) is 13.8. The second-order valence-corrected chi connectivity index (χ2v) is 10.7. The first kappa shape index (κ1) is 23.7. The number of ether oxygens (including phenoxy) is 1. The molecule has 1 aliphatic carbocycles. The van der Waals surface area contributed by atoms with Crippen molar-refractivity contribution in [2.24, 2.45) is 5.92 Å². The Labute approximate surface area is 210 Å². The SMILES string of the molecule is CC(C)c1ccc(OC[C@@H]2c3ccsc3CCN2C(=O)CN(Cc2ccco2)C(=O)C2CC2)cc1. The summed E-state index contributed by atoms with van der Waals surface area (Å²) in [6.07, 6.45) is 4.22. The second kappa shape index (κ2) is 10.3. The Morgan fingerprint density at radius 1 is 1.17 bits per heavy atom. The van der Waals surface area contributed by atoms with Crippen molar-refractivity contribution in [3.8, 4) is 5.75 Å². The van der Waals surface area contributed by atoms with Gasteiger partial charge in [0.2, 0.25) is 11.8 Å². The van der Waals surface area contributed by atoms with Gasteiger partial charge in [-0.2, -0.15) is 0 Å². The Balaban J connectivity index is 1.31. The number of rotatable bonds is 9. The summed E-state index contributed by atoms with van der Waals surface area (Å²) < 4.78 is 11.7. The van der Waals surface area contributed by atoms with Gasteiger partial charge in [0.05, 0.1) is 18.8 Å². The van der Waals surface area contributed by atoms with Crippen molar-refractivity contribution in [2.45, 2.75) is 51.6 Å². The minimum atomic E-state index is -0.177. The molecule has 0 saturated heterocycles. The van der Waals surface area contributed by atoms with Crippen molar-refractivity contribution in [3.63, 3.8) is 0 Å². The van der Waals surface area contributed by atoms with Crippen LogP contribution in [0.1, 0.15) is 60.4 Å². The van der Waals surface area contributed by atoms with Crippen molar-refractivity contribution in [1.29, 1.82) is 0 Å². The van der Waals surface area contributed by atoms with E-state index in [0.29, 0.717) is 31.4 Å². The van der Waals surface area contributed by atoms with Crippen molar-refractivity contribution in [2.75, 3.05) is 19.7 Å². The van der Waals surface area contributed by atoms with Crippen LogP contribution in [0, 0.1) is 5.92 Å². The van der Waals surface area contributed by atoms with Gasteiger partial charge in [0.25, 0.3) is 0 Å².